The van der Waals surface area contributed by atoms with E-state index in [1.165, 1.54) is 12.1 Å². The number of nitrogens with one attached hydrogen (secondary N) is 1. The van der Waals surface area contributed by atoms with Crippen molar-refractivity contribution >= 4 is 28.5 Å². The van der Waals surface area contributed by atoms with E-state index in [-0.39, 0.29) is 11.7 Å². The van der Waals surface area contributed by atoms with Gasteiger partial charge in [-0.3, -0.25) is 4.79 Å². The molecule has 132 valence electrons. The second kappa shape index (κ2) is 8.80. The molecule has 3 rings (SSSR count). The lowest BCUT2D eigenvalue weighted by Gasteiger charge is -2.09. The highest BCUT2D eigenvalue weighted by molar-refractivity contribution is 14.1. The van der Waals surface area contributed by atoms with Crippen LogP contribution in [0, 0.1) is 9.39 Å². The molecule has 26 heavy (non-hydrogen) atoms. The lowest BCUT2D eigenvalue weighted by atomic mass is 10.2. The van der Waals surface area contributed by atoms with E-state index in [4.69, 9.17) is 4.74 Å². The van der Waals surface area contributed by atoms with Crippen molar-refractivity contribution in [2.24, 2.45) is 0 Å². The first-order valence-electron chi connectivity index (χ1n) is 8.10. The molecule has 1 amide bonds. The molecule has 0 unspecified atom stereocenters. The molecule has 5 heteroatoms. The van der Waals surface area contributed by atoms with Crippen LogP contribution in [0.2, 0.25) is 0 Å². The Bertz CT molecular complexity index is 879. The third-order valence-corrected chi connectivity index (χ3v) is 4.45. The molecule has 0 aromatic heterocycles. The summed E-state index contributed by atoms with van der Waals surface area (Å²) in [6.07, 6.45) is 0. The van der Waals surface area contributed by atoms with E-state index in [0.29, 0.717) is 18.7 Å². The first-order valence-corrected chi connectivity index (χ1v) is 9.18. The summed E-state index contributed by atoms with van der Waals surface area (Å²) in [5, 5.41) is 2.91. The number of rotatable bonds is 6. The second-order valence-corrected chi connectivity index (χ2v) is 7.00. The summed E-state index contributed by atoms with van der Waals surface area (Å²) in [6.45, 7) is 0.825. The first kappa shape index (κ1) is 18.4. The van der Waals surface area contributed by atoms with Crippen LogP contribution in [0.15, 0.2) is 72.8 Å². The molecule has 0 aliphatic carbocycles. The number of amides is 1. The van der Waals surface area contributed by atoms with Gasteiger partial charge < -0.3 is 10.1 Å². The van der Waals surface area contributed by atoms with Gasteiger partial charge in [-0.15, -0.1) is 0 Å². The quantitative estimate of drug-likeness (QED) is 0.529. The van der Waals surface area contributed by atoms with E-state index < -0.39 is 0 Å². The smallest absolute Gasteiger partial charge is 0.251 e. The minimum absolute atomic E-state index is 0.0971. The monoisotopic (exact) mass is 461 g/mol. The van der Waals surface area contributed by atoms with E-state index in [9.17, 15) is 9.18 Å². The van der Waals surface area contributed by atoms with Crippen LogP contribution in [0.5, 0.6) is 5.75 Å². The van der Waals surface area contributed by atoms with Crippen molar-refractivity contribution in [1.82, 2.24) is 5.32 Å². The number of carbonyl (C=O) groups is 1. The molecule has 0 heterocycles. The maximum absolute atomic E-state index is 12.9. The summed E-state index contributed by atoms with van der Waals surface area (Å²) >= 11 is 2.18. The molecule has 3 nitrogen and oxygen atoms in total. The minimum Gasteiger partial charge on any atom is -0.489 e. The lowest BCUT2D eigenvalue weighted by molar-refractivity contribution is 0.0951. The van der Waals surface area contributed by atoms with Gasteiger partial charge in [0.1, 0.15) is 18.2 Å². The van der Waals surface area contributed by atoms with Crippen molar-refractivity contribution in [2.75, 3.05) is 0 Å². The number of hydrogen-bond acceptors (Lipinski definition) is 2. The molecule has 0 bridgehead atoms. The van der Waals surface area contributed by atoms with Gasteiger partial charge in [0, 0.05) is 15.7 Å². The summed E-state index contributed by atoms with van der Waals surface area (Å²) in [5.41, 5.74) is 2.54. The fraction of sp³-hybridized carbons (Fsp3) is 0.0952. The van der Waals surface area contributed by atoms with Crippen molar-refractivity contribution in [3.63, 3.8) is 0 Å². The summed E-state index contributed by atoms with van der Waals surface area (Å²) in [5.74, 6) is 0.368. The van der Waals surface area contributed by atoms with Gasteiger partial charge in [0.15, 0.2) is 0 Å². The zero-order valence-electron chi connectivity index (χ0n) is 13.9. The molecule has 1 N–H and O–H groups in total. The van der Waals surface area contributed by atoms with Gasteiger partial charge in [-0.25, -0.2) is 4.39 Å². The van der Waals surface area contributed by atoms with Crippen LogP contribution in [0.4, 0.5) is 4.39 Å². The maximum Gasteiger partial charge on any atom is 0.251 e. The highest BCUT2D eigenvalue weighted by atomic mass is 127. The molecule has 0 radical (unpaired) electrons. The van der Waals surface area contributed by atoms with Gasteiger partial charge in [0.05, 0.1) is 0 Å². The normalized spacial score (nSPS) is 10.4. The molecule has 0 saturated carbocycles. The standard InChI is InChI=1S/C21H17FINO2/c22-18-8-4-16(5-9-18)14-26-20-10-6-15(7-11-20)13-24-21(25)17-2-1-3-19(23)12-17/h1-12H,13-14H2,(H,24,25). The fourth-order valence-electron chi connectivity index (χ4n) is 2.36. The predicted molar refractivity (Wildman–Crippen MR) is 108 cm³/mol. The Morgan fingerprint density at radius 2 is 1.65 bits per heavy atom. The van der Waals surface area contributed by atoms with Crippen LogP contribution in [0.1, 0.15) is 21.5 Å². The van der Waals surface area contributed by atoms with Gasteiger partial charge >= 0.3 is 0 Å². The van der Waals surface area contributed by atoms with Gasteiger partial charge in [0.25, 0.3) is 5.91 Å². The van der Waals surface area contributed by atoms with Crippen LogP contribution >= 0.6 is 22.6 Å². The number of hydrogen-bond donors (Lipinski definition) is 1. The third-order valence-electron chi connectivity index (χ3n) is 3.78. The number of carbonyl (C=O) groups excluding carboxylic acids is 1. The van der Waals surface area contributed by atoms with E-state index >= 15 is 0 Å². The Labute approximate surface area is 165 Å². The van der Waals surface area contributed by atoms with E-state index in [0.717, 1.165) is 20.4 Å². The largest absolute Gasteiger partial charge is 0.489 e. The van der Waals surface area contributed by atoms with Gasteiger partial charge in [-0.1, -0.05) is 30.3 Å². The maximum atomic E-state index is 12.9. The Kier molecular flexibility index (Phi) is 6.22. The highest BCUT2D eigenvalue weighted by Gasteiger charge is 2.05. The lowest BCUT2D eigenvalue weighted by Crippen LogP contribution is -2.22. The van der Waals surface area contributed by atoms with Crippen molar-refractivity contribution < 1.29 is 13.9 Å². The van der Waals surface area contributed by atoms with Crippen molar-refractivity contribution in [3.05, 3.63) is 98.9 Å². The highest BCUT2D eigenvalue weighted by Crippen LogP contribution is 2.15. The topological polar surface area (TPSA) is 38.3 Å². The van der Waals surface area contributed by atoms with Crippen LogP contribution in [-0.4, -0.2) is 5.91 Å². The average Bonchev–Trinajstić information content (AvgIpc) is 2.66. The van der Waals surface area contributed by atoms with Crippen LogP contribution < -0.4 is 10.1 Å². The van der Waals surface area contributed by atoms with Crippen molar-refractivity contribution in [1.29, 1.82) is 0 Å². The molecule has 3 aromatic carbocycles. The molecule has 0 atom stereocenters. The molecule has 0 spiro atoms. The summed E-state index contributed by atoms with van der Waals surface area (Å²) in [6, 6.07) is 21.2. The second-order valence-electron chi connectivity index (χ2n) is 5.75. The van der Waals surface area contributed by atoms with Crippen molar-refractivity contribution in [2.45, 2.75) is 13.2 Å². The predicted octanol–water partition coefficient (Wildman–Crippen LogP) is 4.94. The van der Waals surface area contributed by atoms with Crippen molar-refractivity contribution in [3.8, 4) is 5.75 Å². The molecular formula is C21H17FINO2. The van der Waals surface area contributed by atoms with Gasteiger partial charge in [-0.05, 0) is 76.2 Å². The Morgan fingerprint density at radius 3 is 2.35 bits per heavy atom. The Balaban J connectivity index is 1.51. The summed E-state index contributed by atoms with van der Waals surface area (Å²) in [7, 11) is 0. The third kappa shape index (κ3) is 5.29. The number of ether oxygens (including phenoxy) is 1. The summed E-state index contributed by atoms with van der Waals surface area (Å²) < 4.78 is 19.6. The number of benzene rings is 3. The van der Waals surface area contributed by atoms with Gasteiger partial charge in [-0.2, -0.15) is 0 Å². The first-order chi connectivity index (χ1) is 12.6. The Hall–Kier alpha value is -2.41. The van der Waals surface area contributed by atoms with Gasteiger partial charge in [0.2, 0.25) is 0 Å². The minimum atomic E-state index is -0.259. The Morgan fingerprint density at radius 1 is 0.962 bits per heavy atom. The fourth-order valence-corrected chi connectivity index (χ4v) is 2.91. The molecular weight excluding hydrogens is 444 g/mol. The molecule has 0 fully saturated rings. The van der Waals surface area contributed by atoms with Crippen LogP contribution in [-0.2, 0) is 13.2 Å². The van der Waals surface area contributed by atoms with E-state index in [1.807, 2.05) is 42.5 Å². The average molecular weight is 461 g/mol. The number of halogens is 2. The summed E-state index contributed by atoms with van der Waals surface area (Å²) in [4.78, 5) is 12.2. The molecule has 0 aliphatic rings. The zero-order valence-corrected chi connectivity index (χ0v) is 16.1. The SMILES string of the molecule is O=C(NCc1ccc(OCc2ccc(F)cc2)cc1)c1cccc(I)c1. The van der Waals surface area contributed by atoms with E-state index in [1.54, 1.807) is 18.2 Å². The van der Waals surface area contributed by atoms with Crippen LogP contribution in [0.25, 0.3) is 0 Å². The molecule has 3 aromatic rings. The molecule has 0 saturated heterocycles. The van der Waals surface area contributed by atoms with E-state index in [2.05, 4.69) is 27.9 Å². The zero-order chi connectivity index (χ0) is 18.4. The molecule has 0 aliphatic heterocycles. The van der Waals surface area contributed by atoms with Crippen LogP contribution in [0.3, 0.4) is 0 Å².